The van der Waals surface area contributed by atoms with E-state index in [-0.39, 0.29) is 5.97 Å². The fourth-order valence-corrected chi connectivity index (χ4v) is 2.55. The summed E-state index contributed by atoms with van der Waals surface area (Å²) >= 11 is 7.54. The SMILES string of the molecule is CCOC(=O)/C=C/c1c(Cl)nc2sc(C)cn12. The molecule has 0 aliphatic carbocycles. The topological polar surface area (TPSA) is 43.6 Å². The molecule has 0 aromatic carbocycles. The number of imidazole rings is 1. The van der Waals surface area contributed by atoms with Crippen LogP contribution in [0.15, 0.2) is 12.3 Å². The number of fused-ring (bicyclic) bond motifs is 1. The minimum Gasteiger partial charge on any atom is -0.463 e. The lowest BCUT2D eigenvalue weighted by molar-refractivity contribution is -0.137. The third-order valence-electron chi connectivity index (χ3n) is 2.10. The molecule has 6 heteroatoms. The van der Waals surface area contributed by atoms with E-state index in [4.69, 9.17) is 16.3 Å². The van der Waals surface area contributed by atoms with Crippen molar-refractivity contribution in [3.8, 4) is 0 Å². The van der Waals surface area contributed by atoms with Gasteiger partial charge in [0.25, 0.3) is 0 Å². The van der Waals surface area contributed by atoms with E-state index >= 15 is 0 Å². The molecular formula is C11H11ClN2O2S. The average Bonchev–Trinajstić information content (AvgIpc) is 2.71. The number of halogens is 1. The first-order valence-electron chi connectivity index (χ1n) is 5.10. The molecule has 0 fully saturated rings. The van der Waals surface area contributed by atoms with Crippen molar-refractivity contribution < 1.29 is 9.53 Å². The number of thiazole rings is 1. The van der Waals surface area contributed by atoms with Crippen LogP contribution < -0.4 is 0 Å². The average molecular weight is 271 g/mol. The van der Waals surface area contributed by atoms with E-state index in [0.29, 0.717) is 17.5 Å². The second-order valence-electron chi connectivity index (χ2n) is 3.37. The second-order valence-corrected chi connectivity index (χ2v) is 4.94. The van der Waals surface area contributed by atoms with E-state index in [2.05, 4.69) is 4.98 Å². The zero-order valence-electron chi connectivity index (χ0n) is 9.44. The molecule has 0 aliphatic rings. The van der Waals surface area contributed by atoms with Gasteiger partial charge in [-0.1, -0.05) is 11.6 Å². The van der Waals surface area contributed by atoms with Crippen molar-refractivity contribution in [1.29, 1.82) is 0 Å². The molecule has 17 heavy (non-hydrogen) atoms. The smallest absolute Gasteiger partial charge is 0.330 e. The monoisotopic (exact) mass is 270 g/mol. The molecule has 0 bridgehead atoms. The zero-order valence-corrected chi connectivity index (χ0v) is 11.0. The Morgan fingerprint density at radius 2 is 2.47 bits per heavy atom. The highest BCUT2D eigenvalue weighted by atomic mass is 35.5. The van der Waals surface area contributed by atoms with Crippen LogP contribution >= 0.6 is 22.9 Å². The van der Waals surface area contributed by atoms with Crippen LogP contribution in [-0.2, 0) is 9.53 Å². The summed E-state index contributed by atoms with van der Waals surface area (Å²) in [6.07, 6.45) is 4.90. The maximum absolute atomic E-state index is 11.2. The Balaban J connectivity index is 2.34. The highest BCUT2D eigenvalue weighted by molar-refractivity contribution is 7.17. The van der Waals surface area contributed by atoms with E-state index < -0.39 is 0 Å². The Kier molecular flexibility index (Phi) is 3.49. The Morgan fingerprint density at radius 1 is 1.71 bits per heavy atom. The lowest BCUT2D eigenvalue weighted by atomic mass is 10.4. The number of carbonyl (C=O) groups excluding carboxylic acids is 1. The van der Waals surface area contributed by atoms with E-state index in [0.717, 1.165) is 9.84 Å². The standard InChI is InChI=1S/C11H11ClN2O2S/c1-3-16-9(15)5-4-8-10(12)13-11-14(8)6-7(2)17-11/h4-6H,3H2,1-2H3/b5-4+. The fourth-order valence-electron chi connectivity index (χ4n) is 1.43. The highest BCUT2D eigenvalue weighted by Crippen LogP contribution is 2.24. The van der Waals surface area contributed by atoms with Gasteiger partial charge in [0, 0.05) is 17.2 Å². The molecule has 0 amide bonds. The van der Waals surface area contributed by atoms with Gasteiger partial charge >= 0.3 is 5.97 Å². The summed E-state index contributed by atoms with van der Waals surface area (Å²) < 4.78 is 6.66. The van der Waals surface area contributed by atoms with Crippen LogP contribution in [0, 0.1) is 6.92 Å². The van der Waals surface area contributed by atoms with Gasteiger partial charge in [-0.05, 0) is 19.9 Å². The summed E-state index contributed by atoms with van der Waals surface area (Å²) in [7, 11) is 0. The number of hydrogen-bond acceptors (Lipinski definition) is 4. The van der Waals surface area contributed by atoms with Crippen LogP contribution in [0.25, 0.3) is 11.0 Å². The summed E-state index contributed by atoms with van der Waals surface area (Å²) in [6, 6.07) is 0. The number of rotatable bonds is 3. The van der Waals surface area contributed by atoms with Crippen LogP contribution in [0.4, 0.5) is 0 Å². The molecule has 2 rings (SSSR count). The van der Waals surface area contributed by atoms with Crippen molar-refractivity contribution in [3.63, 3.8) is 0 Å². The third-order valence-corrected chi connectivity index (χ3v) is 3.27. The molecule has 0 aliphatic heterocycles. The van der Waals surface area contributed by atoms with Crippen molar-refractivity contribution in [2.24, 2.45) is 0 Å². The van der Waals surface area contributed by atoms with Crippen LogP contribution in [0.3, 0.4) is 0 Å². The molecule has 0 spiro atoms. The molecule has 2 heterocycles. The number of ether oxygens (including phenoxy) is 1. The molecule has 4 nitrogen and oxygen atoms in total. The summed E-state index contributed by atoms with van der Waals surface area (Å²) in [5.74, 6) is -0.384. The normalized spacial score (nSPS) is 11.5. The maximum Gasteiger partial charge on any atom is 0.330 e. The molecule has 0 saturated heterocycles. The second kappa shape index (κ2) is 4.89. The Hall–Kier alpha value is -1.33. The van der Waals surface area contributed by atoms with Crippen LogP contribution in [0.1, 0.15) is 17.5 Å². The number of aromatic nitrogens is 2. The van der Waals surface area contributed by atoms with Crippen molar-refractivity contribution in [3.05, 3.63) is 28.0 Å². The maximum atomic E-state index is 11.2. The number of esters is 1. The van der Waals surface area contributed by atoms with Gasteiger partial charge in [0.2, 0.25) is 0 Å². The van der Waals surface area contributed by atoms with E-state index in [1.807, 2.05) is 17.5 Å². The zero-order chi connectivity index (χ0) is 12.4. The van der Waals surface area contributed by atoms with Gasteiger partial charge in [0.1, 0.15) is 0 Å². The van der Waals surface area contributed by atoms with Crippen molar-refractivity contribution >= 4 is 39.9 Å². The first kappa shape index (κ1) is 12.1. The number of nitrogens with zero attached hydrogens (tertiary/aromatic N) is 2. The van der Waals surface area contributed by atoms with Crippen LogP contribution in [0.5, 0.6) is 0 Å². The minimum absolute atomic E-state index is 0.357. The predicted octanol–water partition coefficient (Wildman–Crippen LogP) is 2.93. The van der Waals surface area contributed by atoms with Crippen molar-refractivity contribution in [1.82, 2.24) is 9.38 Å². The Morgan fingerprint density at radius 3 is 3.18 bits per heavy atom. The summed E-state index contributed by atoms with van der Waals surface area (Å²) in [5.41, 5.74) is 0.694. The quantitative estimate of drug-likeness (QED) is 0.636. The van der Waals surface area contributed by atoms with Gasteiger partial charge < -0.3 is 4.74 Å². The summed E-state index contributed by atoms with van der Waals surface area (Å²) in [4.78, 5) is 17.4. The Labute approximate surface area is 107 Å². The summed E-state index contributed by atoms with van der Waals surface area (Å²) in [5, 5.41) is 0.386. The van der Waals surface area contributed by atoms with Crippen molar-refractivity contribution in [2.75, 3.05) is 6.61 Å². The predicted molar refractivity (Wildman–Crippen MR) is 68.5 cm³/mol. The third kappa shape index (κ3) is 2.50. The number of hydrogen-bond donors (Lipinski definition) is 0. The first-order chi connectivity index (χ1) is 8.11. The van der Waals surface area contributed by atoms with E-state index in [9.17, 15) is 4.79 Å². The van der Waals surface area contributed by atoms with Gasteiger partial charge in [0.15, 0.2) is 10.1 Å². The number of aryl methyl sites for hydroxylation is 1. The molecule has 0 N–H and O–H groups in total. The Bertz CT molecular complexity index is 586. The van der Waals surface area contributed by atoms with Gasteiger partial charge in [-0.25, -0.2) is 9.78 Å². The lowest BCUT2D eigenvalue weighted by Gasteiger charge is -1.95. The fraction of sp³-hybridized carbons (Fsp3) is 0.273. The number of carbonyl (C=O) groups is 1. The van der Waals surface area contributed by atoms with Crippen molar-refractivity contribution in [2.45, 2.75) is 13.8 Å². The van der Waals surface area contributed by atoms with E-state index in [1.165, 1.54) is 6.08 Å². The first-order valence-corrected chi connectivity index (χ1v) is 6.30. The van der Waals surface area contributed by atoms with Crippen LogP contribution in [-0.4, -0.2) is 22.0 Å². The van der Waals surface area contributed by atoms with Crippen LogP contribution in [0.2, 0.25) is 5.15 Å². The molecular weight excluding hydrogens is 260 g/mol. The molecule has 0 radical (unpaired) electrons. The molecule has 90 valence electrons. The van der Waals surface area contributed by atoms with Gasteiger partial charge in [-0.15, -0.1) is 11.3 Å². The molecule has 0 saturated carbocycles. The molecule has 0 atom stereocenters. The van der Waals surface area contributed by atoms with E-state index in [1.54, 1.807) is 24.3 Å². The molecule has 0 unspecified atom stereocenters. The van der Waals surface area contributed by atoms with Gasteiger partial charge in [-0.3, -0.25) is 4.40 Å². The summed E-state index contributed by atoms with van der Waals surface area (Å²) in [6.45, 7) is 4.11. The van der Waals surface area contributed by atoms with Gasteiger partial charge in [0.05, 0.1) is 12.3 Å². The van der Waals surface area contributed by atoms with Gasteiger partial charge in [-0.2, -0.15) is 0 Å². The highest BCUT2D eigenvalue weighted by Gasteiger charge is 2.10. The largest absolute Gasteiger partial charge is 0.463 e. The molecule has 2 aromatic rings. The minimum atomic E-state index is -0.384. The molecule has 2 aromatic heterocycles. The lowest BCUT2D eigenvalue weighted by Crippen LogP contribution is -1.98.